The molecule has 2 aliphatic carbocycles. The maximum absolute atomic E-state index is 10.2. The van der Waals surface area contributed by atoms with Crippen molar-refractivity contribution in [3.63, 3.8) is 0 Å². The van der Waals surface area contributed by atoms with Gasteiger partial charge in [-0.1, -0.05) is 12.2 Å². The molecule has 4 nitrogen and oxygen atoms in total. The second kappa shape index (κ2) is 3.52. The van der Waals surface area contributed by atoms with Crippen molar-refractivity contribution in [3.8, 4) is 11.5 Å². The first-order chi connectivity index (χ1) is 10.4. The highest BCUT2D eigenvalue weighted by molar-refractivity contribution is 5.63. The Balaban J connectivity index is 1.77. The quantitative estimate of drug-likeness (QED) is 0.632. The zero-order valence-corrected chi connectivity index (χ0v) is 13.3. The van der Waals surface area contributed by atoms with Gasteiger partial charge in [-0.15, -0.1) is 0 Å². The van der Waals surface area contributed by atoms with Crippen LogP contribution >= 0.6 is 0 Å². The Hall–Kier alpha value is -1.52. The van der Waals surface area contributed by atoms with Crippen molar-refractivity contribution in [3.05, 3.63) is 35.4 Å². The number of aliphatic hydroxyl groups is 1. The van der Waals surface area contributed by atoms with Crippen molar-refractivity contribution in [2.75, 3.05) is 27.7 Å². The number of fused-ring (bicyclic) bond motifs is 1. The first-order valence-corrected chi connectivity index (χ1v) is 7.99. The van der Waals surface area contributed by atoms with E-state index in [-0.39, 0.29) is 23.0 Å². The predicted molar refractivity (Wildman–Crippen MR) is 82.0 cm³/mol. The fourth-order valence-corrected chi connectivity index (χ4v) is 5.21. The third kappa shape index (κ3) is 1.28. The summed E-state index contributed by atoms with van der Waals surface area (Å²) in [6.45, 7) is 2.02. The molecule has 5 rings (SSSR count). The van der Waals surface area contributed by atoms with E-state index in [1.165, 1.54) is 11.1 Å². The Labute approximate surface area is 130 Å². The number of hydrogen-bond donors (Lipinski definition) is 1. The number of rotatable bonds is 1. The number of benzene rings is 1. The first-order valence-electron chi connectivity index (χ1n) is 7.99. The van der Waals surface area contributed by atoms with Gasteiger partial charge in [-0.3, -0.25) is 0 Å². The zero-order valence-electron chi connectivity index (χ0n) is 13.3. The van der Waals surface area contributed by atoms with E-state index in [0.29, 0.717) is 0 Å². The maximum Gasteiger partial charge on any atom is 0.166 e. The van der Waals surface area contributed by atoms with E-state index < -0.39 is 0 Å². The topological polar surface area (TPSA) is 38.7 Å². The van der Waals surface area contributed by atoms with Crippen LogP contribution in [0.1, 0.15) is 17.5 Å². The number of quaternary nitrogens is 1. The number of ether oxygens (including phenoxy) is 2. The predicted octanol–water partition coefficient (Wildman–Crippen LogP) is 1.60. The fourth-order valence-electron chi connectivity index (χ4n) is 5.21. The van der Waals surface area contributed by atoms with Gasteiger partial charge in [0.1, 0.15) is 18.1 Å². The summed E-state index contributed by atoms with van der Waals surface area (Å²) in [5, 5.41) is 10.2. The third-order valence-electron chi connectivity index (χ3n) is 6.07. The monoisotopic (exact) mass is 300 g/mol. The van der Waals surface area contributed by atoms with E-state index in [9.17, 15) is 5.11 Å². The van der Waals surface area contributed by atoms with Crippen LogP contribution in [0, 0.1) is 5.41 Å². The lowest BCUT2D eigenvalue weighted by atomic mass is 9.72. The molecule has 1 saturated carbocycles. The van der Waals surface area contributed by atoms with E-state index >= 15 is 0 Å². The Morgan fingerprint density at radius 1 is 1.32 bits per heavy atom. The summed E-state index contributed by atoms with van der Waals surface area (Å²) in [4.78, 5) is 0. The normalized spacial score (nSPS) is 42.0. The van der Waals surface area contributed by atoms with Crippen molar-refractivity contribution in [1.82, 2.24) is 0 Å². The van der Waals surface area contributed by atoms with Crippen molar-refractivity contribution in [2.45, 2.75) is 30.6 Å². The standard InChI is InChI=1S/C18H22NO3/c1-19(2)9-11-4-5-12(21-3)15-14(11)18(10-19)7-6-17(8-13(17)20)16(18)22-15/h4-7,13,16,20H,8-10H2,1-3H3/q+1. The van der Waals surface area contributed by atoms with E-state index in [4.69, 9.17) is 9.47 Å². The number of nitrogens with zero attached hydrogens (tertiary/aromatic N) is 1. The average molecular weight is 300 g/mol. The molecule has 0 bridgehead atoms. The number of likely N-dealkylation sites (N-methyl/N-ethyl adjacent to an activating group) is 1. The molecule has 0 radical (unpaired) electrons. The summed E-state index contributed by atoms with van der Waals surface area (Å²) in [5.41, 5.74) is 2.37. The molecule has 2 aliphatic heterocycles. The smallest absolute Gasteiger partial charge is 0.166 e. The van der Waals surface area contributed by atoms with Crippen LogP contribution in [0.5, 0.6) is 11.5 Å². The van der Waals surface area contributed by atoms with Crippen molar-refractivity contribution >= 4 is 0 Å². The lowest BCUT2D eigenvalue weighted by Gasteiger charge is -2.43. The van der Waals surface area contributed by atoms with E-state index in [1.807, 2.05) is 6.07 Å². The van der Waals surface area contributed by atoms with Gasteiger partial charge in [0.2, 0.25) is 0 Å². The maximum atomic E-state index is 10.2. The largest absolute Gasteiger partial charge is 0.493 e. The van der Waals surface area contributed by atoms with Crippen LogP contribution in [0.25, 0.3) is 0 Å². The summed E-state index contributed by atoms with van der Waals surface area (Å²) in [6, 6.07) is 4.21. The highest BCUT2D eigenvalue weighted by atomic mass is 16.5. The molecule has 2 heterocycles. The molecule has 1 aromatic rings. The van der Waals surface area contributed by atoms with Crippen molar-refractivity contribution in [1.29, 1.82) is 0 Å². The molecular formula is C18H22NO3+. The molecule has 4 heteroatoms. The number of aliphatic hydroxyl groups excluding tert-OH is 1. The van der Waals surface area contributed by atoms with Crippen LogP contribution in [0.4, 0.5) is 0 Å². The first kappa shape index (κ1) is 13.0. The molecule has 1 aromatic carbocycles. The summed E-state index contributed by atoms with van der Waals surface area (Å²) in [5.74, 6) is 1.73. The molecule has 1 fully saturated rings. The highest BCUT2D eigenvalue weighted by Crippen LogP contribution is 2.67. The summed E-state index contributed by atoms with van der Waals surface area (Å²) in [7, 11) is 6.25. The van der Waals surface area contributed by atoms with E-state index in [0.717, 1.165) is 35.5 Å². The molecular weight excluding hydrogens is 278 g/mol. The Morgan fingerprint density at radius 3 is 2.77 bits per heavy atom. The van der Waals surface area contributed by atoms with Crippen LogP contribution in [0.2, 0.25) is 0 Å². The second-order valence-electron chi connectivity index (χ2n) is 8.09. The molecule has 116 valence electrons. The molecule has 4 atom stereocenters. The van der Waals surface area contributed by atoms with E-state index in [2.05, 4.69) is 32.3 Å². The third-order valence-corrected chi connectivity index (χ3v) is 6.07. The summed E-state index contributed by atoms with van der Waals surface area (Å²) in [6.07, 6.45) is 5.10. The minimum absolute atomic E-state index is 0.0118. The minimum Gasteiger partial charge on any atom is -0.493 e. The Morgan fingerprint density at radius 2 is 2.09 bits per heavy atom. The number of methoxy groups -OCH3 is 1. The lowest BCUT2D eigenvalue weighted by molar-refractivity contribution is -0.909. The SMILES string of the molecule is COc1ccc2c3c1OC1C3(C=CC13CC3O)C[N+](C)(C)C2. The van der Waals surface area contributed by atoms with Gasteiger partial charge in [0.05, 0.1) is 39.3 Å². The van der Waals surface area contributed by atoms with Crippen LogP contribution in [-0.2, 0) is 12.0 Å². The second-order valence-corrected chi connectivity index (χ2v) is 8.09. The average Bonchev–Trinajstić information content (AvgIpc) is 2.84. The zero-order chi connectivity index (χ0) is 15.3. The summed E-state index contributed by atoms with van der Waals surface area (Å²) >= 11 is 0. The van der Waals surface area contributed by atoms with Crippen LogP contribution in [0.3, 0.4) is 0 Å². The number of hydrogen-bond acceptors (Lipinski definition) is 3. The van der Waals surface area contributed by atoms with Gasteiger partial charge >= 0.3 is 0 Å². The molecule has 0 saturated heterocycles. The van der Waals surface area contributed by atoms with E-state index in [1.54, 1.807) is 7.11 Å². The van der Waals surface area contributed by atoms with Crippen LogP contribution in [0.15, 0.2) is 24.3 Å². The molecule has 1 N–H and O–H groups in total. The van der Waals surface area contributed by atoms with Gasteiger partial charge in [0, 0.05) is 11.1 Å². The van der Waals surface area contributed by atoms with Gasteiger partial charge in [-0.2, -0.15) is 0 Å². The molecule has 4 aliphatic rings. The van der Waals surface area contributed by atoms with Crippen molar-refractivity contribution < 1.29 is 19.1 Å². The highest BCUT2D eigenvalue weighted by Gasteiger charge is 2.72. The fraction of sp³-hybridized carbons (Fsp3) is 0.556. The Kier molecular flexibility index (Phi) is 2.07. The molecule has 4 unspecified atom stereocenters. The Bertz CT molecular complexity index is 725. The van der Waals surface area contributed by atoms with Gasteiger partial charge in [-0.25, -0.2) is 0 Å². The molecule has 2 spiro atoms. The molecule has 0 aromatic heterocycles. The molecule has 0 amide bonds. The molecule has 22 heavy (non-hydrogen) atoms. The van der Waals surface area contributed by atoms with Gasteiger partial charge < -0.3 is 19.1 Å². The van der Waals surface area contributed by atoms with Gasteiger partial charge in [0.25, 0.3) is 0 Å². The lowest BCUT2D eigenvalue weighted by Crippen LogP contribution is -2.56. The van der Waals surface area contributed by atoms with Crippen LogP contribution in [-0.4, -0.2) is 49.5 Å². The summed E-state index contributed by atoms with van der Waals surface area (Å²) < 4.78 is 12.9. The van der Waals surface area contributed by atoms with Gasteiger partial charge in [0.15, 0.2) is 11.5 Å². The van der Waals surface area contributed by atoms with Crippen LogP contribution < -0.4 is 9.47 Å². The van der Waals surface area contributed by atoms with Crippen molar-refractivity contribution in [2.24, 2.45) is 5.41 Å². The minimum atomic E-state index is -0.269. The van der Waals surface area contributed by atoms with Gasteiger partial charge in [-0.05, 0) is 18.6 Å².